The number of aromatic nitrogens is 1. The van der Waals surface area contributed by atoms with E-state index in [9.17, 15) is 4.79 Å². The Labute approximate surface area is 94.0 Å². The summed E-state index contributed by atoms with van der Waals surface area (Å²) in [5.41, 5.74) is 6.23. The number of anilines is 1. The predicted molar refractivity (Wildman–Crippen MR) is 59.7 cm³/mol. The first-order chi connectivity index (χ1) is 7.79. The molecule has 2 rings (SSSR count). The summed E-state index contributed by atoms with van der Waals surface area (Å²) >= 11 is 0. The lowest BCUT2D eigenvalue weighted by molar-refractivity contribution is -0.124. The molecule has 1 amide bonds. The highest BCUT2D eigenvalue weighted by Crippen LogP contribution is 2.14. The van der Waals surface area contributed by atoms with E-state index in [1.807, 2.05) is 12.1 Å². The summed E-state index contributed by atoms with van der Waals surface area (Å²) in [6.07, 6.45) is 1.39. The SMILES string of the molecule is NCc1cccc(NC(=O)C2CCCO2)n1. The second-order valence-electron chi connectivity index (χ2n) is 3.71. The number of hydrogen-bond acceptors (Lipinski definition) is 4. The minimum atomic E-state index is -0.330. The largest absolute Gasteiger partial charge is 0.368 e. The van der Waals surface area contributed by atoms with E-state index >= 15 is 0 Å². The van der Waals surface area contributed by atoms with Crippen LogP contribution in [0.4, 0.5) is 5.82 Å². The van der Waals surface area contributed by atoms with E-state index in [1.165, 1.54) is 0 Å². The molecule has 1 fully saturated rings. The van der Waals surface area contributed by atoms with Crippen molar-refractivity contribution in [3.05, 3.63) is 23.9 Å². The first kappa shape index (κ1) is 11.0. The molecule has 2 heterocycles. The van der Waals surface area contributed by atoms with Crippen molar-refractivity contribution in [3.63, 3.8) is 0 Å². The third-order valence-corrected chi connectivity index (χ3v) is 2.49. The third kappa shape index (κ3) is 2.56. The number of carbonyl (C=O) groups excluding carboxylic acids is 1. The van der Waals surface area contributed by atoms with Gasteiger partial charge in [-0.25, -0.2) is 4.98 Å². The van der Waals surface area contributed by atoms with Crippen molar-refractivity contribution in [2.24, 2.45) is 5.73 Å². The average molecular weight is 221 g/mol. The molecule has 0 spiro atoms. The Morgan fingerprint density at radius 2 is 2.50 bits per heavy atom. The van der Waals surface area contributed by atoms with Crippen molar-refractivity contribution in [1.29, 1.82) is 0 Å². The van der Waals surface area contributed by atoms with Crippen LogP contribution in [0.5, 0.6) is 0 Å². The number of pyridine rings is 1. The highest BCUT2D eigenvalue weighted by atomic mass is 16.5. The Balaban J connectivity index is 1.99. The fourth-order valence-corrected chi connectivity index (χ4v) is 1.65. The number of ether oxygens (including phenoxy) is 1. The maximum absolute atomic E-state index is 11.7. The van der Waals surface area contributed by atoms with Crippen LogP contribution in [0.1, 0.15) is 18.5 Å². The van der Waals surface area contributed by atoms with Gasteiger partial charge in [-0.2, -0.15) is 0 Å². The van der Waals surface area contributed by atoms with Crippen LogP contribution in [0.15, 0.2) is 18.2 Å². The molecule has 0 saturated carbocycles. The monoisotopic (exact) mass is 221 g/mol. The number of amides is 1. The topological polar surface area (TPSA) is 77.2 Å². The number of nitrogens with zero attached hydrogens (tertiary/aromatic N) is 1. The van der Waals surface area contributed by atoms with E-state index in [4.69, 9.17) is 10.5 Å². The van der Waals surface area contributed by atoms with Crippen LogP contribution in [-0.2, 0) is 16.1 Å². The number of carbonyl (C=O) groups is 1. The van der Waals surface area contributed by atoms with Crippen molar-refractivity contribution >= 4 is 11.7 Å². The van der Waals surface area contributed by atoms with Gasteiger partial charge in [0.05, 0.1) is 5.69 Å². The van der Waals surface area contributed by atoms with Gasteiger partial charge in [0.15, 0.2) is 0 Å². The minimum Gasteiger partial charge on any atom is -0.368 e. The Bertz CT molecular complexity index is 375. The molecule has 1 atom stereocenters. The summed E-state index contributed by atoms with van der Waals surface area (Å²) in [6, 6.07) is 5.38. The molecule has 0 aromatic carbocycles. The second-order valence-corrected chi connectivity index (χ2v) is 3.71. The minimum absolute atomic E-state index is 0.126. The molecule has 0 radical (unpaired) electrons. The fourth-order valence-electron chi connectivity index (χ4n) is 1.65. The van der Waals surface area contributed by atoms with Crippen LogP contribution in [-0.4, -0.2) is 23.6 Å². The molecule has 5 heteroatoms. The van der Waals surface area contributed by atoms with Crippen LogP contribution in [0.3, 0.4) is 0 Å². The summed E-state index contributed by atoms with van der Waals surface area (Å²) in [5.74, 6) is 0.405. The molecule has 16 heavy (non-hydrogen) atoms. The molecule has 0 aliphatic carbocycles. The van der Waals surface area contributed by atoms with E-state index < -0.39 is 0 Å². The number of hydrogen-bond donors (Lipinski definition) is 2. The highest BCUT2D eigenvalue weighted by molar-refractivity contribution is 5.93. The molecule has 1 aliphatic heterocycles. The van der Waals surface area contributed by atoms with Gasteiger partial charge >= 0.3 is 0 Å². The fraction of sp³-hybridized carbons (Fsp3) is 0.455. The lowest BCUT2D eigenvalue weighted by Crippen LogP contribution is -2.27. The van der Waals surface area contributed by atoms with Gasteiger partial charge in [0.1, 0.15) is 11.9 Å². The van der Waals surface area contributed by atoms with E-state index in [-0.39, 0.29) is 12.0 Å². The Morgan fingerprint density at radius 1 is 1.62 bits per heavy atom. The van der Waals surface area contributed by atoms with Gasteiger partial charge in [-0.3, -0.25) is 4.79 Å². The highest BCUT2D eigenvalue weighted by Gasteiger charge is 2.23. The maximum atomic E-state index is 11.7. The van der Waals surface area contributed by atoms with Gasteiger partial charge < -0.3 is 15.8 Å². The number of nitrogens with one attached hydrogen (secondary N) is 1. The number of rotatable bonds is 3. The molecule has 1 aromatic rings. The van der Waals surface area contributed by atoms with Crippen molar-refractivity contribution in [1.82, 2.24) is 4.98 Å². The van der Waals surface area contributed by atoms with Crippen molar-refractivity contribution in [3.8, 4) is 0 Å². The first-order valence-corrected chi connectivity index (χ1v) is 5.38. The smallest absolute Gasteiger partial charge is 0.254 e. The summed E-state index contributed by atoms with van der Waals surface area (Å²) < 4.78 is 5.28. The summed E-state index contributed by atoms with van der Waals surface area (Å²) in [4.78, 5) is 15.9. The van der Waals surface area contributed by atoms with Crippen LogP contribution in [0.25, 0.3) is 0 Å². The molecule has 1 unspecified atom stereocenters. The van der Waals surface area contributed by atoms with Gasteiger partial charge in [0.25, 0.3) is 5.91 Å². The Hall–Kier alpha value is -1.46. The third-order valence-electron chi connectivity index (χ3n) is 2.49. The van der Waals surface area contributed by atoms with Gasteiger partial charge in [-0.05, 0) is 25.0 Å². The summed E-state index contributed by atoms with van der Waals surface area (Å²) in [5, 5.41) is 2.73. The van der Waals surface area contributed by atoms with E-state index in [2.05, 4.69) is 10.3 Å². The quantitative estimate of drug-likeness (QED) is 0.786. The normalized spacial score (nSPS) is 19.7. The average Bonchev–Trinajstić information content (AvgIpc) is 2.83. The lowest BCUT2D eigenvalue weighted by atomic mass is 10.2. The second kappa shape index (κ2) is 5.05. The van der Waals surface area contributed by atoms with Crippen LogP contribution < -0.4 is 11.1 Å². The van der Waals surface area contributed by atoms with Crippen LogP contribution in [0.2, 0.25) is 0 Å². The molecule has 5 nitrogen and oxygen atoms in total. The zero-order valence-electron chi connectivity index (χ0n) is 8.98. The van der Waals surface area contributed by atoms with E-state index in [1.54, 1.807) is 6.07 Å². The van der Waals surface area contributed by atoms with Gasteiger partial charge in [-0.15, -0.1) is 0 Å². The van der Waals surface area contributed by atoms with E-state index in [0.717, 1.165) is 18.5 Å². The zero-order chi connectivity index (χ0) is 11.4. The Kier molecular flexibility index (Phi) is 3.48. The molecule has 1 aliphatic rings. The molecule has 1 aromatic heterocycles. The number of nitrogens with two attached hydrogens (primary N) is 1. The van der Waals surface area contributed by atoms with E-state index in [0.29, 0.717) is 19.0 Å². The maximum Gasteiger partial charge on any atom is 0.254 e. The molecular formula is C11H15N3O2. The molecule has 86 valence electrons. The van der Waals surface area contributed by atoms with Crippen molar-refractivity contribution < 1.29 is 9.53 Å². The van der Waals surface area contributed by atoms with Crippen molar-refractivity contribution in [2.45, 2.75) is 25.5 Å². The zero-order valence-corrected chi connectivity index (χ0v) is 8.98. The van der Waals surface area contributed by atoms with Crippen molar-refractivity contribution in [2.75, 3.05) is 11.9 Å². The molecule has 0 bridgehead atoms. The summed E-state index contributed by atoms with van der Waals surface area (Å²) in [7, 11) is 0. The first-order valence-electron chi connectivity index (χ1n) is 5.38. The standard InChI is InChI=1S/C11H15N3O2/c12-7-8-3-1-5-10(13-8)14-11(15)9-4-2-6-16-9/h1,3,5,9H,2,4,6-7,12H2,(H,13,14,15). The van der Waals surface area contributed by atoms with Gasteiger partial charge in [0.2, 0.25) is 0 Å². The molecular weight excluding hydrogens is 206 g/mol. The molecule has 1 saturated heterocycles. The van der Waals surface area contributed by atoms with Crippen LogP contribution in [0, 0.1) is 0 Å². The lowest BCUT2D eigenvalue weighted by Gasteiger charge is -2.10. The predicted octanol–water partition coefficient (Wildman–Crippen LogP) is 0.658. The van der Waals surface area contributed by atoms with Gasteiger partial charge in [0, 0.05) is 13.2 Å². The van der Waals surface area contributed by atoms with Gasteiger partial charge in [-0.1, -0.05) is 6.07 Å². The summed E-state index contributed by atoms with van der Waals surface area (Å²) in [6.45, 7) is 1.03. The molecule has 3 N–H and O–H groups in total. The van der Waals surface area contributed by atoms with Crippen LogP contribution >= 0.6 is 0 Å². The Morgan fingerprint density at radius 3 is 3.19 bits per heavy atom.